The number of benzene rings is 2. The van der Waals surface area contributed by atoms with Gasteiger partial charge in [0.1, 0.15) is 0 Å². The van der Waals surface area contributed by atoms with Crippen LogP contribution in [-0.4, -0.2) is 45.4 Å². The van der Waals surface area contributed by atoms with Gasteiger partial charge < -0.3 is 15.0 Å². The Labute approximate surface area is 193 Å². The molecule has 33 heavy (non-hydrogen) atoms. The Morgan fingerprint density at radius 1 is 1.06 bits per heavy atom. The molecule has 0 radical (unpaired) electrons. The monoisotopic (exact) mass is 465 g/mol. The Kier molecular flexibility index (Phi) is 5.46. The van der Waals surface area contributed by atoms with Crippen molar-refractivity contribution in [1.82, 2.24) is 18.5 Å². The summed E-state index contributed by atoms with van der Waals surface area (Å²) in [6, 6.07) is 15.9. The van der Waals surface area contributed by atoms with E-state index < -0.39 is 15.3 Å². The van der Waals surface area contributed by atoms with Gasteiger partial charge in [-0.15, -0.1) is 0 Å². The fourth-order valence-electron chi connectivity index (χ4n) is 4.39. The predicted octanol–water partition coefficient (Wildman–Crippen LogP) is 4.09. The lowest BCUT2D eigenvalue weighted by Gasteiger charge is -2.25. The van der Waals surface area contributed by atoms with E-state index in [1.807, 2.05) is 54.9 Å². The number of nitrogens with zero attached hydrogens (tertiary/aromatic N) is 4. The minimum Gasteiger partial charge on any atom is -0.381 e. The van der Waals surface area contributed by atoms with E-state index in [-0.39, 0.29) is 12.0 Å². The summed E-state index contributed by atoms with van der Waals surface area (Å²) in [6.45, 7) is 4.69. The molecule has 0 bridgehead atoms. The molecule has 2 N–H and O–H groups in total. The van der Waals surface area contributed by atoms with E-state index in [4.69, 9.17) is 15.5 Å². The highest BCUT2D eigenvalue weighted by Crippen LogP contribution is 2.37. The first kappa shape index (κ1) is 21.7. The molecular formula is C24H27N5O3S. The summed E-state index contributed by atoms with van der Waals surface area (Å²) in [6.07, 6.45) is 3.67. The summed E-state index contributed by atoms with van der Waals surface area (Å²) < 4.78 is 35.0. The van der Waals surface area contributed by atoms with Crippen molar-refractivity contribution in [3.8, 4) is 22.5 Å². The van der Waals surface area contributed by atoms with E-state index >= 15 is 0 Å². The van der Waals surface area contributed by atoms with E-state index in [0.717, 1.165) is 39.3 Å². The molecule has 5 rings (SSSR count). The number of rotatable bonds is 5. The van der Waals surface area contributed by atoms with E-state index in [0.29, 0.717) is 24.2 Å². The van der Waals surface area contributed by atoms with Gasteiger partial charge in [-0.05, 0) is 38.8 Å². The Hall–Kier alpha value is -3.17. The number of ether oxygens (including phenoxy) is 1. The van der Waals surface area contributed by atoms with Gasteiger partial charge in [0.05, 0.1) is 34.0 Å². The molecule has 1 aliphatic rings. The lowest BCUT2D eigenvalue weighted by atomic mass is 10.0. The molecule has 1 fully saturated rings. The Morgan fingerprint density at radius 2 is 1.79 bits per heavy atom. The highest BCUT2D eigenvalue weighted by atomic mass is 32.2. The number of anilines is 1. The van der Waals surface area contributed by atoms with Gasteiger partial charge in [-0.2, -0.15) is 0 Å². The summed E-state index contributed by atoms with van der Waals surface area (Å²) in [5, 5.41) is -0.631. The third kappa shape index (κ3) is 3.71. The van der Waals surface area contributed by atoms with Crippen LogP contribution < -0.4 is 5.73 Å². The van der Waals surface area contributed by atoms with Crippen molar-refractivity contribution in [1.29, 1.82) is 0 Å². The van der Waals surface area contributed by atoms with Gasteiger partial charge in [0, 0.05) is 30.4 Å². The van der Waals surface area contributed by atoms with Crippen LogP contribution in [0.25, 0.3) is 33.5 Å². The van der Waals surface area contributed by atoms with Crippen molar-refractivity contribution in [2.24, 2.45) is 0 Å². The molecule has 0 amide bonds. The van der Waals surface area contributed by atoms with Gasteiger partial charge in [-0.1, -0.05) is 36.4 Å². The fourth-order valence-corrected chi connectivity index (χ4v) is 5.54. The van der Waals surface area contributed by atoms with Crippen molar-refractivity contribution in [3.63, 3.8) is 0 Å². The maximum absolute atomic E-state index is 13.0. The molecule has 172 valence electrons. The minimum absolute atomic E-state index is 0.0305. The molecule has 8 nitrogen and oxygen atoms in total. The van der Waals surface area contributed by atoms with E-state index in [1.54, 1.807) is 13.8 Å². The molecule has 0 spiro atoms. The van der Waals surface area contributed by atoms with Gasteiger partial charge in [0.15, 0.2) is 0 Å². The molecule has 9 heteroatoms. The number of fused-ring (bicyclic) bond motifs is 1. The summed E-state index contributed by atoms with van der Waals surface area (Å²) in [5.41, 5.74) is 10.7. The molecule has 0 atom stereocenters. The average molecular weight is 466 g/mol. The molecular weight excluding hydrogens is 438 g/mol. The van der Waals surface area contributed by atoms with Gasteiger partial charge in [0.25, 0.3) is 0 Å². The smallest absolute Gasteiger partial charge is 0.244 e. The Morgan fingerprint density at radius 3 is 2.48 bits per heavy atom. The van der Waals surface area contributed by atoms with Crippen LogP contribution >= 0.6 is 0 Å². The lowest BCUT2D eigenvalue weighted by Crippen LogP contribution is -2.23. The zero-order valence-electron chi connectivity index (χ0n) is 18.7. The van der Waals surface area contributed by atoms with Crippen LogP contribution in [0.3, 0.4) is 0 Å². The van der Waals surface area contributed by atoms with E-state index in [9.17, 15) is 8.42 Å². The number of hydrogen-bond donors (Lipinski definition) is 1. The quantitative estimate of drug-likeness (QED) is 0.476. The second-order valence-electron chi connectivity index (χ2n) is 8.59. The van der Waals surface area contributed by atoms with Crippen LogP contribution in [0.1, 0.15) is 32.7 Å². The molecule has 0 saturated carbocycles. The molecule has 2 aromatic heterocycles. The average Bonchev–Trinajstić information content (AvgIpc) is 3.40. The Bertz CT molecular complexity index is 1400. The third-order valence-corrected chi connectivity index (χ3v) is 8.27. The molecule has 0 unspecified atom stereocenters. The normalized spacial score (nSPS) is 15.5. The first-order chi connectivity index (χ1) is 15.9. The SMILES string of the molecule is CC(C)S(=O)(=O)n1c(N)nc2ccc(-c3c(-c4ccccc4)ncn3C3CCOCC3)cc21. The number of hydrogen-bond acceptors (Lipinski definition) is 6. The van der Waals surface area contributed by atoms with Gasteiger partial charge >= 0.3 is 0 Å². The molecule has 0 aliphatic carbocycles. The molecule has 1 aliphatic heterocycles. The van der Waals surface area contributed by atoms with Crippen LogP contribution in [-0.2, 0) is 14.8 Å². The highest BCUT2D eigenvalue weighted by Gasteiger charge is 2.27. The number of nitrogen functional groups attached to an aromatic ring is 1. The third-order valence-electron chi connectivity index (χ3n) is 6.19. The number of aromatic nitrogens is 4. The van der Waals surface area contributed by atoms with Crippen LogP contribution in [0.2, 0.25) is 0 Å². The first-order valence-electron chi connectivity index (χ1n) is 11.1. The van der Waals surface area contributed by atoms with E-state index in [1.165, 1.54) is 0 Å². The topological polar surface area (TPSA) is 105 Å². The van der Waals surface area contributed by atoms with E-state index in [2.05, 4.69) is 9.55 Å². The zero-order valence-corrected chi connectivity index (χ0v) is 19.5. The second kappa shape index (κ2) is 8.31. The van der Waals surface area contributed by atoms with Gasteiger partial charge in [-0.25, -0.2) is 22.4 Å². The summed E-state index contributed by atoms with van der Waals surface area (Å²) in [7, 11) is -3.68. The predicted molar refractivity (Wildman–Crippen MR) is 129 cm³/mol. The lowest BCUT2D eigenvalue weighted by molar-refractivity contribution is 0.0699. The summed E-state index contributed by atoms with van der Waals surface area (Å²) >= 11 is 0. The minimum atomic E-state index is -3.68. The van der Waals surface area contributed by atoms with Crippen molar-refractivity contribution < 1.29 is 13.2 Å². The van der Waals surface area contributed by atoms with Crippen molar-refractivity contribution >= 4 is 27.0 Å². The van der Waals surface area contributed by atoms with Gasteiger partial charge in [-0.3, -0.25) is 0 Å². The molecule has 4 aromatic rings. The largest absolute Gasteiger partial charge is 0.381 e. The van der Waals surface area contributed by atoms with Crippen molar-refractivity contribution in [2.45, 2.75) is 38.0 Å². The Balaban J connectivity index is 1.74. The molecule has 3 heterocycles. The van der Waals surface area contributed by atoms with Crippen LogP contribution in [0.5, 0.6) is 0 Å². The number of nitrogens with two attached hydrogens (primary N) is 1. The van der Waals surface area contributed by atoms with Crippen molar-refractivity contribution in [3.05, 3.63) is 54.9 Å². The van der Waals surface area contributed by atoms with Crippen LogP contribution in [0.4, 0.5) is 5.95 Å². The molecule has 2 aromatic carbocycles. The maximum Gasteiger partial charge on any atom is 0.244 e. The molecule has 1 saturated heterocycles. The summed E-state index contributed by atoms with van der Waals surface area (Å²) in [4.78, 5) is 9.08. The van der Waals surface area contributed by atoms with Crippen LogP contribution in [0, 0.1) is 0 Å². The van der Waals surface area contributed by atoms with Crippen LogP contribution in [0.15, 0.2) is 54.9 Å². The standard InChI is InChI=1S/C24H27N5O3S/c1-16(2)33(30,31)29-21-14-18(8-9-20(21)27-24(29)25)23-22(17-6-4-3-5-7-17)26-15-28(23)19-10-12-32-13-11-19/h3-9,14-16,19H,10-13H2,1-2H3,(H2,25,27). The fraction of sp³-hybridized carbons (Fsp3) is 0.333. The van der Waals surface area contributed by atoms with Gasteiger partial charge in [0.2, 0.25) is 16.0 Å². The first-order valence-corrected chi connectivity index (χ1v) is 12.6. The van der Waals surface area contributed by atoms with Crippen molar-refractivity contribution in [2.75, 3.05) is 18.9 Å². The maximum atomic E-state index is 13.0. The number of imidazole rings is 2. The second-order valence-corrected chi connectivity index (χ2v) is 10.9. The zero-order chi connectivity index (χ0) is 23.2. The summed E-state index contributed by atoms with van der Waals surface area (Å²) in [5.74, 6) is -0.0305. The highest BCUT2D eigenvalue weighted by molar-refractivity contribution is 7.90.